The van der Waals surface area contributed by atoms with Crippen molar-refractivity contribution >= 4 is 10.0 Å². The van der Waals surface area contributed by atoms with Crippen LogP contribution in [0.2, 0.25) is 0 Å². The van der Waals surface area contributed by atoms with Gasteiger partial charge >= 0.3 is 0 Å². The van der Waals surface area contributed by atoms with Crippen LogP contribution in [-0.2, 0) is 10.0 Å². The van der Waals surface area contributed by atoms with Gasteiger partial charge in [0, 0.05) is 0 Å². The minimum absolute atomic E-state index is 0.249. The van der Waals surface area contributed by atoms with Crippen molar-refractivity contribution in [1.82, 2.24) is 4.72 Å². The lowest BCUT2D eigenvalue weighted by atomic mass is 10.1. The average Bonchev–Trinajstić information content (AvgIpc) is 2.94. The maximum Gasteiger partial charge on any atom is 0.241 e. The highest BCUT2D eigenvalue weighted by atomic mass is 32.2. The topological polar surface area (TPSA) is 68.5 Å². The summed E-state index contributed by atoms with van der Waals surface area (Å²) in [4.78, 5) is 0.249. The standard InChI is InChI=1S/C15H19NO4S/c1-10-9-15(11(2)8-14(10)19-4)21(17,18)16-12(3)13-6-5-7-20-13/h5-9,12,16H,1-4H3. The molecule has 1 aromatic heterocycles. The van der Waals surface area contributed by atoms with Crippen molar-refractivity contribution in [3.05, 3.63) is 47.4 Å². The third-order valence-electron chi connectivity index (χ3n) is 3.28. The third-order valence-corrected chi connectivity index (χ3v) is 4.97. The Balaban J connectivity index is 2.34. The fourth-order valence-electron chi connectivity index (χ4n) is 2.16. The Hall–Kier alpha value is -1.79. The number of hydrogen-bond donors (Lipinski definition) is 1. The van der Waals surface area contributed by atoms with Gasteiger partial charge in [-0.1, -0.05) is 0 Å². The van der Waals surface area contributed by atoms with E-state index < -0.39 is 16.1 Å². The third kappa shape index (κ3) is 3.28. The predicted molar refractivity (Wildman–Crippen MR) is 79.9 cm³/mol. The molecule has 6 heteroatoms. The first-order chi connectivity index (χ1) is 9.85. The summed E-state index contributed by atoms with van der Waals surface area (Å²) < 4.78 is 38.1. The largest absolute Gasteiger partial charge is 0.496 e. The molecule has 0 aliphatic heterocycles. The molecule has 0 amide bonds. The number of benzene rings is 1. The number of ether oxygens (including phenoxy) is 1. The molecule has 1 unspecified atom stereocenters. The number of rotatable bonds is 5. The van der Waals surface area contributed by atoms with Gasteiger partial charge in [0.2, 0.25) is 10.0 Å². The van der Waals surface area contributed by atoms with Crippen molar-refractivity contribution in [3.63, 3.8) is 0 Å². The summed E-state index contributed by atoms with van der Waals surface area (Å²) in [6, 6.07) is 6.36. The van der Waals surface area contributed by atoms with Gasteiger partial charge in [0.1, 0.15) is 11.5 Å². The van der Waals surface area contributed by atoms with Crippen LogP contribution in [0.3, 0.4) is 0 Å². The Kier molecular flexibility index (Phi) is 4.39. The van der Waals surface area contributed by atoms with Crippen LogP contribution >= 0.6 is 0 Å². The average molecular weight is 309 g/mol. The zero-order valence-corrected chi connectivity index (χ0v) is 13.3. The Morgan fingerprint density at radius 3 is 2.52 bits per heavy atom. The lowest BCUT2D eigenvalue weighted by Gasteiger charge is -2.15. The number of hydrogen-bond acceptors (Lipinski definition) is 4. The van der Waals surface area contributed by atoms with Crippen LogP contribution < -0.4 is 9.46 Å². The first kappa shape index (κ1) is 15.6. The normalized spacial score (nSPS) is 13.1. The van der Waals surface area contributed by atoms with E-state index in [0.29, 0.717) is 17.1 Å². The molecule has 0 radical (unpaired) electrons. The molecule has 1 aromatic carbocycles. The van der Waals surface area contributed by atoms with E-state index in [4.69, 9.17) is 9.15 Å². The molecule has 2 rings (SSSR count). The minimum atomic E-state index is -3.63. The second-order valence-electron chi connectivity index (χ2n) is 4.95. The summed E-state index contributed by atoms with van der Waals surface area (Å²) >= 11 is 0. The second kappa shape index (κ2) is 5.91. The molecular weight excluding hydrogens is 290 g/mol. The number of aryl methyl sites for hydroxylation is 2. The van der Waals surface area contributed by atoms with E-state index in [9.17, 15) is 8.42 Å². The Bertz CT molecular complexity index is 720. The van der Waals surface area contributed by atoms with Crippen molar-refractivity contribution in [2.75, 3.05) is 7.11 Å². The lowest BCUT2D eigenvalue weighted by Crippen LogP contribution is -2.27. The Labute approximate surface area is 125 Å². The van der Waals surface area contributed by atoms with Crippen molar-refractivity contribution in [2.45, 2.75) is 31.7 Å². The molecule has 0 aliphatic rings. The second-order valence-corrected chi connectivity index (χ2v) is 6.63. The zero-order chi connectivity index (χ0) is 15.6. The molecule has 0 saturated heterocycles. The molecule has 1 heterocycles. The highest BCUT2D eigenvalue weighted by Crippen LogP contribution is 2.26. The fraction of sp³-hybridized carbons (Fsp3) is 0.333. The van der Waals surface area contributed by atoms with Gasteiger partial charge in [0.25, 0.3) is 0 Å². The van der Waals surface area contributed by atoms with E-state index in [0.717, 1.165) is 5.56 Å². The van der Waals surface area contributed by atoms with Crippen LogP contribution in [0.1, 0.15) is 29.9 Å². The quantitative estimate of drug-likeness (QED) is 0.922. The first-order valence-electron chi connectivity index (χ1n) is 6.56. The predicted octanol–water partition coefficient (Wildman–Crippen LogP) is 2.94. The summed E-state index contributed by atoms with van der Waals surface area (Å²) in [5, 5.41) is 0. The van der Waals surface area contributed by atoms with E-state index in [-0.39, 0.29) is 4.90 Å². The zero-order valence-electron chi connectivity index (χ0n) is 12.5. The lowest BCUT2D eigenvalue weighted by molar-refractivity contribution is 0.411. The van der Waals surface area contributed by atoms with E-state index in [1.54, 1.807) is 45.2 Å². The van der Waals surface area contributed by atoms with Gasteiger partial charge in [-0.05, 0) is 56.2 Å². The highest BCUT2D eigenvalue weighted by Gasteiger charge is 2.22. The van der Waals surface area contributed by atoms with Crippen LogP contribution in [-0.4, -0.2) is 15.5 Å². The van der Waals surface area contributed by atoms with Gasteiger partial charge in [-0.3, -0.25) is 0 Å². The maximum atomic E-state index is 12.5. The smallest absolute Gasteiger partial charge is 0.241 e. The van der Waals surface area contributed by atoms with Gasteiger partial charge in [-0.15, -0.1) is 0 Å². The van der Waals surface area contributed by atoms with Crippen molar-refractivity contribution in [2.24, 2.45) is 0 Å². The molecule has 114 valence electrons. The van der Waals surface area contributed by atoms with E-state index in [1.165, 1.54) is 6.26 Å². The molecule has 0 bridgehead atoms. The molecule has 1 N–H and O–H groups in total. The summed E-state index contributed by atoms with van der Waals surface area (Å²) in [7, 11) is -2.07. The highest BCUT2D eigenvalue weighted by molar-refractivity contribution is 7.89. The summed E-state index contributed by atoms with van der Waals surface area (Å²) in [6.45, 7) is 5.30. The first-order valence-corrected chi connectivity index (χ1v) is 8.04. The number of furan rings is 1. The van der Waals surface area contributed by atoms with E-state index in [1.807, 2.05) is 6.92 Å². The molecule has 1 atom stereocenters. The Morgan fingerprint density at radius 1 is 1.24 bits per heavy atom. The Morgan fingerprint density at radius 2 is 1.95 bits per heavy atom. The van der Waals surface area contributed by atoms with Gasteiger partial charge < -0.3 is 9.15 Å². The number of sulfonamides is 1. The molecule has 5 nitrogen and oxygen atoms in total. The monoisotopic (exact) mass is 309 g/mol. The molecule has 0 aliphatic carbocycles. The molecule has 2 aromatic rings. The van der Waals surface area contributed by atoms with Crippen LogP contribution in [0.15, 0.2) is 39.8 Å². The molecule has 0 saturated carbocycles. The summed E-state index contributed by atoms with van der Waals surface area (Å²) in [5.41, 5.74) is 1.41. The van der Waals surface area contributed by atoms with Crippen LogP contribution in [0.5, 0.6) is 5.75 Å². The van der Waals surface area contributed by atoms with Crippen molar-refractivity contribution < 1.29 is 17.6 Å². The number of nitrogens with one attached hydrogen (secondary N) is 1. The van der Waals surface area contributed by atoms with Crippen molar-refractivity contribution in [1.29, 1.82) is 0 Å². The van der Waals surface area contributed by atoms with Gasteiger partial charge in [-0.2, -0.15) is 0 Å². The molecule has 0 fully saturated rings. The molecule has 21 heavy (non-hydrogen) atoms. The van der Waals surface area contributed by atoms with Crippen molar-refractivity contribution in [3.8, 4) is 5.75 Å². The van der Waals surface area contributed by atoms with Crippen LogP contribution in [0, 0.1) is 13.8 Å². The molecular formula is C15H19NO4S. The molecule has 0 spiro atoms. The number of methoxy groups -OCH3 is 1. The SMILES string of the molecule is COc1cc(C)c(S(=O)(=O)NC(C)c2ccco2)cc1C. The van der Waals surface area contributed by atoms with E-state index in [2.05, 4.69) is 4.72 Å². The van der Waals surface area contributed by atoms with Gasteiger partial charge in [0.05, 0.1) is 24.3 Å². The summed E-state index contributed by atoms with van der Waals surface area (Å²) in [6.07, 6.45) is 1.52. The van der Waals surface area contributed by atoms with E-state index >= 15 is 0 Å². The van der Waals surface area contributed by atoms with Gasteiger partial charge in [-0.25, -0.2) is 13.1 Å². The summed E-state index contributed by atoms with van der Waals surface area (Å²) in [5.74, 6) is 1.24. The van der Waals surface area contributed by atoms with Crippen LogP contribution in [0.4, 0.5) is 0 Å². The van der Waals surface area contributed by atoms with Gasteiger partial charge in [0.15, 0.2) is 0 Å². The van der Waals surface area contributed by atoms with Crippen LogP contribution in [0.25, 0.3) is 0 Å². The maximum absolute atomic E-state index is 12.5. The fourth-order valence-corrected chi connectivity index (χ4v) is 3.69. The minimum Gasteiger partial charge on any atom is -0.496 e.